The highest BCUT2D eigenvalue weighted by atomic mass is 35.5. The molecular weight excluding hydrogens is 389 g/mol. The molecule has 0 bridgehead atoms. The Morgan fingerprint density at radius 1 is 1.07 bits per heavy atom. The second-order valence-electron chi connectivity index (χ2n) is 6.88. The van der Waals surface area contributed by atoms with Crippen molar-refractivity contribution in [2.45, 2.75) is 6.42 Å². The average molecular weight is 404 g/mol. The first-order valence-electron chi connectivity index (χ1n) is 9.22. The summed E-state index contributed by atoms with van der Waals surface area (Å²) >= 11 is 5.99. The molecule has 0 amide bonds. The maximum absolute atomic E-state index is 13.7. The highest BCUT2D eigenvalue weighted by Crippen LogP contribution is 2.29. The molecule has 4 aromatic rings. The zero-order valence-corrected chi connectivity index (χ0v) is 16.0. The van der Waals surface area contributed by atoms with Gasteiger partial charge >= 0.3 is 0 Å². The zero-order chi connectivity index (χ0) is 20.0. The molecule has 0 saturated heterocycles. The summed E-state index contributed by atoms with van der Waals surface area (Å²) in [7, 11) is 0. The third-order valence-electron chi connectivity index (χ3n) is 5.06. The summed E-state index contributed by atoms with van der Waals surface area (Å²) in [5.74, 6) is -0.527. The largest absolute Gasteiger partial charge is 0.292 e. The summed E-state index contributed by atoms with van der Waals surface area (Å²) in [6.07, 6.45) is 6.66. The summed E-state index contributed by atoms with van der Waals surface area (Å²) in [5, 5.41) is 1.60. The zero-order valence-electron chi connectivity index (χ0n) is 15.3. The number of pyridine rings is 2. The monoisotopic (exact) mass is 403 g/mol. The van der Waals surface area contributed by atoms with Gasteiger partial charge in [0, 0.05) is 35.8 Å². The molecule has 2 aromatic heterocycles. The molecule has 0 spiro atoms. The van der Waals surface area contributed by atoms with E-state index in [1.165, 1.54) is 18.2 Å². The highest BCUT2D eigenvalue weighted by molar-refractivity contribution is 6.30. The first kappa shape index (κ1) is 17.8. The number of dihydropyridines is 1. The number of nitrogens with zero attached hydrogens (tertiary/aromatic N) is 3. The molecule has 0 N–H and O–H groups in total. The standard InChI is InChI=1S/C23H15ClFN3O/c24-19-11-17(5-6-20(19)25)28-22(29)8-4-16-13-27-21-7-3-14(10-18(21)23(16)28)15-2-1-9-26-12-15/h2-8,10-13H,1,9H2. The van der Waals surface area contributed by atoms with E-state index in [0.717, 1.165) is 40.4 Å². The number of aromatic nitrogens is 2. The van der Waals surface area contributed by atoms with Gasteiger partial charge in [0.2, 0.25) is 0 Å². The fourth-order valence-corrected chi connectivity index (χ4v) is 3.85. The Hall–Kier alpha value is -3.31. The van der Waals surface area contributed by atoms with Crippen LogP contribution in [0.3, 0.4) is 0 Å². The van der Waals surface area contributed by atoms with Crippen LogP contribution in [-0.2, 0) is 0 Å². The van der Waals surface area contributed by atoms with E-state index in [0.29, 0.717) is 11.2 Å². The molecule has 5 rings (SSSR count). The Morgan fingerprint density at radius 2 is 1.97 bits per heavy atom. The van der Waals surface area contributed by atoms with Crippen molar-refractivity contribution in [3.63, 3.8) is 0 Å². The maximum Gasteiger partial charge on any atom is 0.255 e. The Morgan fingerprint density at radius 3 is 2.76 bits per heavy atom. The van der Waals surface area contributed by atoms with Gasteiger partial charge in [-0.15, -0.1) is 0 Å². The van der Waals surface area contributed by atoms with Gasteiger partial charge in [-0.3, -0.25) is 19.3 Å². The van der Waals surface area contributed by atoms with Crippen LogP contribution in [0, 0.1) is 5.82 Å². The van der Waals surface area contributed by atoms with Crippen molar-refractivity contribution in [3.05, 3.63) is 87.6 Å². The van der Waals surface area contributed by atoms with Gasteiger partial charge in [-0.25, -0.2) is 4.39 Å². The van der Waals surface area contributed by atoms with Crippen molar-refractivity contribution in [2.24, 2.45) is 4.99 Å². The number of halogens is 2. The fraction of sp³-hybridized carbons (Fsp3) is 0.0870. The summed E-state index contributed by atoms with van der Waals surface area (Å²) in [4.78, 5) is 21.7. The van der Waals surface area contributed by atoms with Crippen LogP contribution in [0.25, 0.3) is 33.1 Å². The van der Waals surface area contributed by atoms with Crippen molar-refractivity contribution in [1.29, 1.82) is 0 Å². The second-order valence-corrected chi connectivity index (χ2v) is 7.29. The molecule has 0 saturated carbocycles. The van der Waals surface area contributed by atoms with Gasteiger partial charge in [0.05, 0.1) is 21.7 Å². The van der Waals surface area contributed by atoms with Crippen molar-refractivity contribution in [3.8, 4) is 5.69 Å². The number of rotatable bonds is 2. The summed E-state index contributed by atoms with van der Waals surface area (Å²) < 4.78 is 15.2. The fourth-order valence-electron chi connectivity index (χ4n) is 3.67. The van der Waals surface area contributed by atoms with Crippen molar-refractivity contribution < 1.29 is 4.39 Å². The summed E-state index contributed by atoms with van der Waals surface area (Å²) in [5.41, 5.74) is 3.81. The van der Waals surface area contributed by atoms with Crippen LogP contribution < -0.4 is 5.56 Å². The lowest BCUT2D eigenvalue weighted by atomic mass is 10.0. The van der Waals surface area contributed by atoms with E-state index in [1.54, 1.807) is 22.9 Å². The lowest BCUT2D eigenvalue weighted by Gasteiger charge is -2.14. The second kappa shape index (κ2) is 6.94. The predicted octanol–water partition coefficient (Wildman–Crippen LogP) is 5.19. The predicted molar refractivity (Wildman–Crippen MR) is 116 cm³/mol. The number of benzene rings is 2. The Balaban J connectivity index is 1.86. The minimum absolute atomic E-state index is 0.0333. The number of hydrogen-bond acceptors (Lipinski definition) is 3. The molecule has 4 nitrogen and oxygen atoms in total. The maximum atomic E-state index is 13.7. The van der Waals surface area contributed by atoms with Gasteiger partial charge in [-0.05, 0) is 54.0 Å². The van der Waals surface area contributed by atoms with Crippen molar-refractivity contribution in [2.75, 3.05) is 6.54 Å². The number of allylic oxidation sites excluding steroid dienone is 1. The van der Waals surface area contributed by atoms with Crippen LogP contribution in [0.5, 0.6) is 0 Å². The molecule has 142 valence electrons. The van der Waals surface area contributed by atoms with Crippen LogP contribution >= 0.6 is 11.6 Å². The molecule has 0 atom stereocenters. The Bertz CT molecular complexity index is 1400. The quantitative estimate of drug-likeness (QED) is 0.432. The first-order chi connectivity index (χ1) is 14.1. The molecule has 1 aliphatic rings. The Labute approximate surface area is 170 Å². The van der Waals surface area contributed by atoms with Crippen LogP contribution in [0.2, 0.25) is 5.02 Å². The molecule has 6 heteroatoms. The molecule has 0 unspecified atom stereocenters. The highest BCUT2D eigenvalue weighted by Gasteiger charge is 2.13. The minimum atomic E-state index is -0.527. The first-order valence-corrected chi connectivity index (χ1v) is 9.60. The van der Waals surface area contributed by atoms with E-state index in [-0.39, 0.29) is 10.6 Å². The van der Waals surface area contributed by atoms with E-state index < -0.39 is 5.82 Å². The number of aliphatic imine (C=N–C) groups is 1. The molecule has 3 heterocycles. The molecule has 2 aromatic carbocycles. The molecule has 0 radical (unpaired) electrons. The smallest absolute Gasteiger partial charge is 0.255 e. The van der Waals surface area contributed by atoms with Gasteiger partial charge in [0.25, 0.3) is 5.56 Å². The molecule has 0 fully saturated rings. The van der Waals surface area contributed by atoms with Gasteiger partial charge < -0.3 is 0 Å². The third-order valence-corrected chi connectivity index (χ3v) is 5.35. The number of hydrogen-bond donors (Lipinski definition) is 0. The third kappa shape index (κ3) is 3.04. The van der Waals surface area contributed by atoms with Crippen molar-refractivity contribution in [1.82, 2.24) is 9.55 Å². The van der Waals surface area contributed by atoms with Crippen LogP contribution in [0.15, 0.2) is 70.6 Å². The summed E-state index contributed by atoms with van der Waals surface area (Å²) in [6.45, 7) is 0.798. The van der Waals surface area contributed by atoms with Gasteiger partial charge in [0.1, 0.15) is 5.82 Å². The van der Waals surface area contributed by atoms with E-state index >= 15 is 0 Å². The molecule has 1 aliphatic heterocycles. The average Bonchev–Trinajstić information content (AvgIpc) is 2.76. The van der Waals surface area contributed by atoms with Crippen LogP contribution in [0.4, 0.5) is 4.39 Å². The lowest BCUT2D eigenvalue weighted by Crippen LogP contribution is -2.17. The number of fused-ring (bicyclic) bond motifs is 3. The van der Waals surface area contributed by atoms with Crippen LogP contribution in [-0.4, -0.2) is 22.3 Å². The van der Waals surface area contributed by atoms with Gasteiger partial charge in [-0.2, -0.15) is 0 Å². The minimum Gasteiger partial charge on any atom is -0.292 e. The lowest BCUT2D eigenvalue weighted by molar-refractivity contribution is 0.628. The van der Waals surface area contributed by atoms with Gasteiger partial charge in [0.15, 0.2) is 0 Å². The molecule has 0 aliphatic carbocycles. The normalized spacial score (nSPS) is 13.8. The Kier molecular flexibility index (Phi) is 4.25. The summed E-state index contributed by atoms with van der Waals surface area (Å²) in [6, 6.07) is 13.5. The topological polar surface area (TPSA) is 47.2 Å². The SMILES string of the molecule is O=c1ccc2cnc3ccc(C4=CCCN=C4)cc3c2n1-c1ccc(F)c(Cl)c1. The molecular formula is C23H15ClFN3O. The molecule has 29 heavy (non-hydrogen) atoms. The van der Waals surface area contributed by atoms with Crippen LogP contribution in [0.1, 0.15) is 12.0 Å². The van der Waals surface area contributed by atoms with Crippen molar-refractivity contribution >= 4 is 45.2 Å². The van der Waals surface area contributed by atoms with E-state index in [9.17, 15) is 9.18 Å². The van der Waals surface area contributed by atoms with Gasteiger partial charge in [-0.1, -0.05) is 23.7 Å². The van der Waals surface area contributed by atoms with E-state index in [2.05, 4.69) is 16.1 Å². The van der Waals surface area contributed by atoms with E-state index in [4.69, 9.17) is 11.6 Å². The van der Waals surface area contributed by atoms with E-state index in [1.807, 2.05) is 24.4 Å².